The molecule has 0 saturated heterocycles. The van der Waals surface area contributed by atoms with Gasteiger partial charge in [-0.25, -0.2) is 4.57 Å². The van der Waals surface area contributed by atoms with Crippen LogP contribution in [0, 0.1) is 0 Å². The Morgan fingerprint density at radius 2 is 1.54 bits per heavy atom. The fourth-order valence-electron chi connectivity index (χ4n) is 0.350. The molecule has 0 unspecified atom stereocenters. The number of phosphoric acid groups is 1. The van der Waals surface area contributed by atoms with Crippen LogP contribution in [0.3, 0.4) is 0 Å². The standard InChI is InChI=1S/C4H11Cl2N2O4P/c5-1-3-7-11-13(9,10)12-8-4-2-6/h7-8H,1-4H2,(H,9,10). The van der Waals surface area contributed by atoms with Crippen LogP contribution < -0.4 is 11.0 Å². The van der Waals surface area contributed by atoms with Gasteiger partial charge in [0.25, 0.3) is 0 Å². The molecular formula is C4H11Cl2N2O4P. The zero-order valence-electron chi connectivity index (χ0n) is 6.70. The van der Waals surface area contributed by atoms with Crippen molar-refractivity contribution in [3.05, 3.63) is 0 Å². The molecule has 0 saturated carbocycles. The lowest BCUT2D eigenvalue weighted by Gasteiger charge is -2.10. The Balaban J connectivity index is 3.49. The van der Waals surface area contributed by atoms with Gasteiger partial charge in [0.05, 0.1) is 0 Å². The molecule has 0 bridgehead atoms. The van der Waals surface area contributed by atoms with Crippen molar-refractivity contribution in [1.29, 1.82) is 0 Å². The molecule has 0 rings (SSSR count). The lowest BCUT2D eigenvalue weighted by molar-refractivity contribution is 0.0660. The highest BCUT2D eigenvalue weighted by Crippen LogP contribution is 2.40. The zero-order chi connectivity index (χ0) is 10.2. The molecule has 13 heavy (non-hydrogen) atoms. The molecule has 0 amide bonds. The summed E-state index contributed by atoms with van der Waals surface area (Å²) in [5, 5.41) is 0. The predicted molar refractivity (Wildman–Crippen MR) is 49.4 cm³/mol. The Morgan fingerprint density at radius 3 is 1.85 bits per heavy atom. The van der Waals surface area contributed by atoms with Crippen molar-refractivity contribution >= 4 is 31.0 Å². The van der Waals surface area contributed by atoms with Crippen LogP contribution in [0.25, 0.3) is 0 Å². The van der Waals surface area contributed by atoms with Crippen LogP contribution in [-0.4, -0.2) is 29.7 Å². The second-order valence-electron chi connectivity index (χ2n) is 1.82. The summed E-state index contributed by atoms with van der Waals surface area (Å²) in [7, 11) is -4.09. The number of halogens is 2. The SMILES string of the molecule is O=P(O)(ONCCCl)ONCCCl. The maximum Gasteiger partial charge on any atom is 0.505 e. The van der Waals surface area contributed by atoms with E-state index in [-0.39, 0.29) is 24.8 Å². The third-order valence-corrected chi connectivity index (χ3v) is 1.85. The van der Waals surface area contributed by atoms with Crippen molar-refractivity contribution in [1.82, 2.24) is 11.0 Å². The van der Waals surface area contributed by atoms with E-state index in [1.807, 2.05) is 0 Å². The first-order valence-electron chi connectivity index (χ1n) is 3.40. The van der Waals surface area contributed by atoms with Gasteiger partial charge in [-0.05, 0) is 0 Å². The van der Waals surface area contributed by atoms with Gasteiger partial charge < -0.3 is 4.89 Å². The average Bonchev–Trinajstić information content (AvgIpc) is 2.05. The molecule has 6 nitrogen and oxygen atoms in total. The van der Waals surface area contributed by atoms with Gasteiger partial charge in [-0.1, -0.05) is 0 Å². The van der Waals surface area contributed by atoms with Crippen LogP contribution in [0.15, 0.2) is 0 Å². The monoisotopic (exact) mass is 252 g/mol. The molecular weight excluding hydrogens is 242 g/mol. The molecule has 0 aromatic heterocycles. The summed E-state index contributed by atoms with van der Waals surface area (Å²) in [6, 6.07) is 0. The van der Waals surface area contributed by atoms with E-state index in [9.17, 15) is 4.57 Å². The Kier molecular flexibility index (Phi) is 8.34. The van der Waals surface area contributed by atoms with Gasteiger partial charge in [0, 0.05) is 24.8 Å². The van der Waals surface area contributed by atoms with Gasteiger partial charge >= 0.3 is 7.82 Å². The second kappa shape index (κ2) is 7.96. The molecule has 0 spiro atoms. The first-order valence-corrected chi connectivity index (χ1v) is 5.96. The summed E-state index contributed by atoms with van der Waals surface area (Å²) < 4.78 is 19.4. The molecule has 9 heteroatoms. The molecule has 0 atom stereocenters. The third-order valence-electron chi connectivity index (χ3n) is 0.753. The second-order valence-corrected chi connectivity index (χ2v) is 3.88. The smallest absolute Gasteiger partial charge is 0.301 e. The van der Waals surface area contributed by atoms with Crippen molar-refractivity contribution in [2.45, 2.75) is 0 Å². The van der Waals surface area contributed by atoms with E-state index in [2.05, 4.69) is 20.2 Å². The molecule has 0 aliphatic carbocycles. The molecule has 3 N–H and O–H groups in total. The summed E-state index contributed by atoms with van der Waals surface area (Å²) in [6.07, 6.45) is 0. The fourth-order valence-corrected chi connectivity index (χ4v) is 1.05. The minimum Gasteiger partial charge on any atom is -0.301 e. The summed E-state index contributed by atoms with van der Waals surface area (Å²) >= 11 is 10.5. The number of nitrogens with one attached hydrogen (secondary N) is 2. The van der Waals surface area contributed by atoms with Crippen molar-refractivity contribution in [3.8, 4) is 0 Å². The van der Waals surface area contributed by atoms with Crippen molar-refractivity contribution in [2.75, 3.05) is 24.8 Å². The minimum atomic E-state index is -4.09. The van der Waals surface area contributed by atoms with Crippen LogP contribution in [-0.2, 0) is 13.8 Å². The van der Waals surface area contributed by atoms with E-state index in [0.717, 1.165) is 0 Å². The molecule has 0 heterocycles. The van der Waals surface area contributed by atoms with Crippen molar-refractivity contribution in [3.63, 3.8) is 0 Å². The van der Waals surface area contributed by atoms with Gasteiger partial charge in [-0.2, -0.15) is 20.2 Å². The zero-order valence-corrected chi connectivity index (χ0v) is 9.11. The number of hydrogen-bond donors (Lipinski definition) is 3. The lowest BCUT2D eigenvalue weighted by atomic mass is 10.8. The Hall–Kier alpha value is 0.610. The Morgan fingerprint density at radius 1 is 1.15 bits per heavy atom. The molecule has 80 valence electrons. The third kappa shape index (κ3) is 8.93. The van der Waals surface area contributed by atoms with E-state index in [0.29, 0.717) is 0 Å². The Bertz CT molecular complexity index is 158. The van der Waals surface area contributed by atoms with Crippen LogP contribution in [0.1, 0.15) is 0 Å². The lowest BCUT2D eigenvalue weighted by Crippen LogP contribution is -2.21. The molecule has 0 fully saturated rings. The van der Waals surface area contributed by atoms with E-state index in [4.69, 9.17) is 28.1 Å². The summed E-state index contributed by atoms with van der Waals surface area (Å²) in [5.41, 5.74) is 4.32. The van der Waals surface area contributed by atoms with Crippen LogP contribution in [0.4, 0.5) is 0 Å². The highest BCUT2D eigenvalue weighted by molar-refractivity contribution is 7.47. The van der Waals surface area contributed by atoms with Gasteiger partial charge in [-0.3, -0.25) is 0 Å². The van der Waals surface area contributed by atoms with Gasteiger partial charge in [0.2, 0.25) is 0 Å². The van der Waals surface area contributed by atoms with Crippen LogP contribution in [0.5, 0.6) is 0 Å². The normalized spacial score (nSPS) is 11.9. The van der Waals surface area contributed by atoms with E-state index in [1.165, 1.54) is 0 Å². The summed E-state index contributed by atoms with van der Waals surface area (Å²) in [6.45, 7) is 0.482. The quantitative estimate of drug-likeness (QED) is 0.254. The largest absolute Gasteiger partial charge is 0.505 e. The average molecular weight is 253 g/mol. The molecule has 0 aromatic carbocycles. The summed E-state index contributed by atoms with van der Waals surface area (Å²) in [4.78, 5) is 8.87. The minimum absolute atomic E-state index is 0.241. The topological polar surface area (TPSA) is 79.8 Å². The number of hydroxylamine groups is 2. The number of hydrogen-bond acceptors (Lipinski definition) is 5. The molecule has 0 aliphatic rings. The molecule has 0 radical (unpaired) electrons. The van der Waals surface area contributed by atoms with Crippen molar-refractivity contribution < 1.29 is 18.7 Å². The maximum absolute atomic E-state index is 10.9. The van der Waals surface area contributed by atoms with E-state index < -0.39 is 7.82 Å². The first kappa shape index (κ1) is 13.6. The van der Waals surface area contributed by atoms with Crippen LogP contribution >= 0.6 is 31.0 Å². The van der Waals surface area contributed by atoms with Gasteiger partial charge in [-0.15, -0.1) is 23.2 Å². The van der Waals surface area contributed by atoms with Crippen molar-refractivity contribution in [2.24, 2.45) is 0 Å². The van der Waals surface area contributed by atoms with Gasteiger partial charge in [0.1, 0.15) is 0 Å². The highest BCUT2D eigenvalue weighted by atomic mass is 35.5. The number of rotatable bonds is 8. The first-order chi connectivity index (χ1) is 6.12. The van der Waals surface area contributed by atoms with E-state index >= 15 is 0 Å². The molecule has 0 aliphatic heterocycles. The summed E-state index contributed by atoms with van der Waals surface area (Å²) in [5.74, 6) is 0.518. The maximum atomic E-state index is 10.9. The Labute approximate surface area is 86.0 Å². The molecule has 0 aromatic rings. The van der Waals surface area contributed by atoms with E-state index in [1.54, 1.807) is 0 Å². The fraction of sp³-hybridized carbons (Fsp3) is 1.00. The highest BCUT2D eigenvalue weighted by Gasteiger charge is 2.21. The number of alkyl halides is 2. The van der Waals surface area contributed by atoms with Crippen LogP contribution in [0.2, 0.25) is 0 Å². The predicted octanol–water partition coefficient (Wildman–Crippen LogP) is 0.607. The van der Waals surface area contributed by atoms with Gasteiger partial charge in [0.15, 0.2) is 0 Å².